The van der Waals surface area contributed by atoms with E-state index in [0.29, 0.717) is 24.0 Å². The molecule has 0 bridgehead atoms. The molecule has 0 spiro atoms. The third-order valence-corrected chi connectivity index (χ3v) is 8.79. The topological polar surface area (TPSA) is 43.9 Å². The van der Waals surface area contributed by atoms with E-state index >= 15 is 0 Å². The highest BCUT2D eigenvalue weighted by atomic mass is 32.2. The van der Waals surface area contributed by atoms with Crippen molar-refractivity contribution in [2.75, 3.05) is 46.3 Å². The fourth-order valence-corrected chi connectivity index (χ4v) is 6.52. The maximum atomic E-state index is 13.4. The molecule has 0 aromatic heterocycles. The molecule has 0 saturated carbocycles. The largest absolute Gasteiger partial charge is 0.302 e. The molecule has 3 rings (SSSR count). The predicted octanol–water partition coefficient (Wildman–Crippen LogP) is 2.71. The van der Waals surface area contributed by atoms with E-state index in [-0.39, 0.29) is 0 Å². The van der Waals surface area contributed by atoms with Gasteiger partial charge >= 0.3 is 0 Å². The lowest BCUT2D eigenvalue weighted by Gasteiger charge is -2.40. The van der Waals surface area contributed by atoms with Crippen LogP contribution in [0.15, 0.2) is 11.0 Å². The summed E-state index contributed by atoms with van der Waals surface area (Å²) in [5.41, 5.74) is 3.89. The molecule has 1 aromatic rings. The van der Waals surface area contributed by atoms with E-state index in [1.807, 2.05) is 27.7 Å². The number of likely N-dealkylation sites (N-methyl/N-ethyl adjacent to an activating group) is 1. The minimum atomic E-state index is -3.44. The monoisotopic (exact) mass is 393 g/mol. The molecule has 0 radical (unpaired) electrons. The SMILES string of the molecule is Cc1cc(C)c(C)c(S(=O)(=O)N2CCN(CC3CCCCN3C)CC2)c1C. The zero-order valence-corrected chi connectivity index (χ0v) is 18.4. The summed E-state index contributed by atoms with van der Waals surface area (Å²) in [7, 11) is -1.22. The molecule has 2 fully saturated rings. The van der Waals surface area contributed by atoms with Crippen LogP contribution in [0.3, 0.4) is 0 Å². The van der Waals surface area contributed by atoms with Crippen LogP contribution in [0.1, 0.15) is 41.5 Å². The Morgan fingerprint density at radius 2 is 1.52 bits per heavy atom. The molecule has 1 unspecified atom stereocenters. The highest BCUT2D eigenvalue weighted by molar-refractivity contribution is 7.89. The Morgan fingerprint density at radius 3 is 2.07 bits per heavy atom. The van der Waals surface area contributed by atoms with E-state index in [0.717, 1.165) is 41.9 Å². The van der Waals surface area contributed by atoms with E-state index in [2.05, 4.69) is 22.9 Å². The van der Waals surface area contributed by atoms with Gasteiger partial charge in [-0.1, -0.05) is 12.5 Å². The van der Waals surface area contributed by atoms with Crippen LogP contribution in [0, 0.1) is 27.7 Å². The zero-order chi connectivity index (χ0) is 19.8. The lowest BCUT2D eigenvalue weighted by molar-refractivity contribution is 0.106. The number of sulfonamides is 1. The third kappa shape index (κ3) is 4.24. The number of hydrogen-bond acceptors (Lipinski definition) is 4. The lowest BCUT2D eigenvalue weighted by atomic mass is 10.0. The smallest absolute Gasteiger partial charge is 0.243 e. The average molecular weight is 394 g/mol. The van der Waals surface area contributed by atoms with E-state index in [4.69, 9.17) is 0 Å². The van der Waals surface area contributed by atoms with E-state index in [1.54, 1.807) is 4.31 Å². The molecular weight excluding hydrogens is 358 g/mol. The molecule has 2 heterocycles. The molecule has 2 aliphatic rings. The minimum absolute atomic E-state index is 0.528. The van der Waals surface area contributed by atoms with E-state index in [1.165, 1.54) is 25.8 Å². The maximum absolute atomic E-state index is 13.4. The molecular formula is C21H35N3O2S. The van der Waals surface area contributed by atoms with E-state index in [9.17, 15) is 8.42 Å². The van der Waals surface area contributed by atoms with Crippen molar-refractivity contribution in [3.05, 3.63) is 28.3 Å². The Morgan fingerprint density at radius 1 is 0.926 bits per heavy atom. The summed E-state index contributed by atoms with van der Waals surface area (Å²) in [5, 5.41) is 0. The van der Waals surface area contributed by atoms with Gasteiger partial charge in [-0.15, -0.1) is 0 Å². The Kier molecular flexibility index (Phi) is 6.31. The van der Waals surface area contributed by atoms with Crippen molar-refractivity contribution in [3.63, 3.8) is 0 Å². The van der Waals surface area contributed by atoms with Gasteiger partial charge in [0.1, 0.15) is 0 Å². The molecule has 152 valence electrons. The highest BCUT2D eigenvalue weighted by Gasteiger charge is 2.32. The summed E-state index contributed by atoms with van der Waals surface area (Å²) in [5.74, 6) is 0. The lowest BCUT2D eigenvalue weighted by Crippen LogP contribution is -2.53. The number of piperazine rings is 1. The van der Waals surface area contributed by atoms with Crippen LogP contribution < -0.4 is 0 Å². The van der Waals surface area contributed by atoms with Gasteiger partial charge in [0.25, 0.3) is 0 Å². The molecule has 2 saturated heterocycles. The summed E-state index contributed by atoms with van der Waals surface area (Å²) in [6.07, 6.45) is 3.87. The second-order valence-corrected chi connectivity index (χ2v) is 10.3. The number of aryl methyl sites for hydroxylation is 2. The number of benzene rings is 1. The van der Waals surface area contributed by atoms with Gasteiger partial charge in [0.15, 0.2) is 0 Å². The van der Waals surface area contributed by atoms with Gasteiger partial charge in [0, 0.05) is 38.8 Å². The van der Waals surface area contributed by atoms with Crippen LogP contribution >= 0.6 is 0 Å². The first-order valence-electron chi connectivity index (χ1n) is 10.2. The molecule has 0 aliphatic carbocycles. The van der Waals surface area contributed by atoms with Crippen LogP contribution in [-0.4, -0.2) is 74.9 Å². The number of likely N-dealkylation sites (tertiary alicyclic amines) is 1. The minimum Gasteiger partial charge on any atom is -0.302 e. The second-order valence-electron chi connectivity index (χ2n) is 8.42. The first-order valence-corrected chi connectivity index (χ1v) is 11.7. The molecule has 1 atom stereocenters. The standard InChI is InChI=1S/C21H35N3O2S/c1-16-14-17(2)19(4)21(18(16)3)27(25,26)24-12-10-23(11-13-24)15-20-8-6-7-9-22(20)5/h14,20H,6-13,15H2,1-5H3. The summed E-state index contributed by atoms with van der Waals surface area (Å²) in [6, 6.07) is 2.70. The summed E-state index contributed by atoms with van der Waals surface area (Å²) < 4.78 is 28.5. The maximum Gasteiger partial charge on any atom is 0.243 e. The van der Waals surface area contributed by atoms with Crippen LogP contribution in [0.5, 0.6) is 0 Å². The highest BCUT2D eigenvalue weighted by Crippen LogP contribution is 2.29. The number of nitrogens with zero attached hydrogens (tertiary/aromatic N) is 3. The summed E-state index contributed by atoms with van der Waals surface area (Å²) in [4.78, 5) is 5.44. The first-order chi connectivity index (χ1) is 12.7. The average Bonchev–Trinajstić information content (AvgIpc) is 2.62. The number of hydrogen-bond donors (Lipinski definition) is 0. The first kappa shape index (κ1) is 20.8. The normalized spacial score (nSPS) is 23.7. The van der Waals surface area contributed by atoms with Crippen molar-refractivity contribution in [3.8, 4) is 0 Å². The fraction of sp³-hybridized carbons (Fsp3) is 0.714. The molecule has 5 nitrogen and oxygen atoms in total. The van der Waals surface area contributed by atoms with Gasteiger partial charge in [0.2, 0.25) is 10.0 Å². The van der Waals surface area contributed by atoms with Crippen molar-refractivity contribution in [2.45, 2.75) is 57.9 Å². The zero-order valence-electron chi connectivity index (χ0n) is 17.6. The van der Waals surface area contributed by atoms with Gasteiger partial charge in [-0.2, -0.15) is 4.31 Å². The number of piperidine rings is 1. The van der Waals surface area contributed by atoms with Crippen LogP contribution in [-0.2, 0) is 10.0 Å². The molecule has 0 N–H and O–H groups in total. The van der Waals surface area contributed by atoms with Crippen LogP contribution in [0.2, 0.25) is 0 Å². The van der Waals surface area contributed by atoms with Crippen molar-refractivity contribution in [2.24, 2.45) is 0 Å². The van der Waals surface area contributed by atoms with Crippen LogP contribution in [0.4, 0.5) is 0 Å². The van der Waals surface area contributed by atoms with Gasteiger partial charge in [0.05, 0.1) is 4.90 Å². The number of rotatable bonds is 4. The van der Waals surface area contributed by atoms with Crippen molar-refractivity contribution >= 4 is 10.0 Å². The van der Waals surface area contributed by atoms with Gasteiger partial charge < -0.3 is 4.90 Å². The van der Waals surface area contributed by atoms with Gasteiger partial charge in [-0.3, -0.25) is 4.90 Å². The molecule has 1 aromatic carbocycles. The summed E-state index contributed by atoms with van der Waals surface area (Å²) >= 11 is 0. The second kappa shape index (κ2) is 8.19. The van der Waals surface area contributed by atoms with Crippen LogP contribution in [0.25, 0.3) is 0 Å². The Balaban J connectivity index is 1.70. The Hall–Kier alpha value is -0.950. The van der Waals surface area contributed by atoms with Gasteiger partial charge in [-0.25, -0.2) is 8.42 Å². The van der Waals surface area contributed by atoms with Gasteiger partial charge in [-0.05, 0) is 76.4 Å². The van der Waals surface area contributed by atoms with Crippen molar-refractivity contribution in [1.29, 1.82) is 0 Å². The third-order valence-electron chi connectivity index (χ3n) is 6.62. The molecule has 0 amide bonds. The van der Waals surface area contributed by atoms with Crippen molar-refractivity contribution in [1.82, 2.24) is 14.1 Å². The van der Waals surface area contributed by atoms with Crippen molar-refractivity contribution < 1.29 is 8.42 Å². The fourth-order valence-electron chi connectivity index (χ4n) is 4.52. The Labute approximate surface area is 165 Å². The predicted molar refractivity (Wildman–Crippen MR) is 111 cm³/mol. The van der Waals surface area contributed by atoms with E-state index < -0.39 is 10.0 Å². The Bertz CT molecular complexity index is 757. The summed E-state index contributed by atoms with van der Waals surface area (Å²) in [6.45, 7) is 12.9. The molecule has 6 heteroatoms. The molecule has 27 heavy (non-hydrogen) atoms. The quantitative estimate of drug-likeness (QED) is 0.789. The molecule has 2 aliphatic heterocycles.